The maximum absolute atomic E-state index is 12.0. The second-order valence-electron chi connectivity index (χ2n) is 7.06. The number of hydrogen-bond donors (Lipinski definition) is 2. The van der Waals surface area contributed by atoms with E-state index in [1.807, 2.05) is 20.8 Å². The van der Waals surface area contributed by atoms with Crippen molar-refractivity contribution in [3.8, 4) is 28.1 Å². The summed E-state index contributed by atoms with van der Waals surface area (Å²) in [4.78, 5) is 12.0. The van der Waals surface area contributed by atoms with Crippen molar-refractivity contribution in [1.29, 1.82) is 0 Å². The maximum atomic E-state index is 12.0. The molecule has 0 aliphatic rings. The van der Waals surface area contributed by atoms with Gasteiger partial charge < -0.3 is 15.6 Å². The Morgan fingerprint density at radius 3 is 2.67 bits per heavy atom. The van der Waals surface area contributed by atoms with Gasteiger partial charge in [-0.05, 0) is 39.0 Å². The molecule has 2 aromatic heterocycles. The molecule has 1 aromatic carbocycles. The van der Waals surface area contributed by atoms with E-state index < -0.39 is 5.60 Å². The number of nitrogens with zero attached hydrogens (tertiary/aromatic N) is 4. The van der Waals surface area contributed by atoms with Crippen LogP contribution in [0, 0.1) is 0 Å². The summed E-state index contributed by atoms with van der Waals surface area (Å²) >= 11 is 0. The SMILES string of the molecule is CC(C)(C)OC(=O)Cn1cc(-c2cc(-c3ccccc3O)nnc2N)cn1. The van der Waals surface area contributed by atoms with Crippen molar-refractivity contribution in [2.45, 2.75) is 32.9 Å². The Kier molecular flexibility index (Phi) is 4.81. The van der Waals surface area contributed by atoms with Crippen molar-refractivity contribution in [1.82, 2.24) is 20.0 Å². The number of anilines is 1. The third-order valence-corrected chi connectivity index (χ3v) is 3.66. The van der Waals surface area contributed by atoms with E-state index in [0.29, 0.717) is 22.4 Å². The molecule has 3 rings (SSSR count). The molecule has 0 bridgehead atoms. The number of benzene rings is 1. The van der Waals surface area contributed by atoms with Gasteiger partial charge in [-0.3, -0.25) is 9.48 Å². The first-order chi connectivity index (χ1) is 12.7. The van der Waals surface area contributed by atoms with Gasteiger partial charge in [0.15, 0.2) is 5.82 Å². The number of rotatable bonds is 4. The average molecular weight is 367 g/mol. The highest BCUT2D eigenvalue weighted by molar-refractivity contribution is 5.78. The third kappa shape index (κ3) is 4.41. The van der Waals surface area contributed by atoms with E-state index in [-0.39, 0.29) is 24.1 Å². The summed E-state index contributed by atoms with van der Waals surface area (Å²) in [7, 11) is 0. The number of esters is 1. The molecule has 2 heterocycles. The maximum Gasteiger partial charge on any atom is 0.328 e. The van der Waals surface area contributed by atoms with Gasteiger partial charge in [0.05, 0.1) is 11.9 Å². The van der Waals surface area contributed by atoms with Gasteiger partial charge in [-0.15, -0.1) is 10.2 Å². The fourth-order valence-corrected chi connectivity index (χ4v) is 2.55. The number of nitrogens with two attached hydrogens (primary N) is 1. The molecular weight excluding hydrogens is 346 g/mol. The van der Waals surface area contributed by atoms with Crippen LogP contribution in [-0.4, -0.2) is 36.7 Å². The van der Waals surface area contributed by atoms with E-state index in [0.717, 1.165) is 0 Å². The average Bonchev–Trinajstić information content (AvgIpc) is 3.02. The number of hydrogen-bond acceptors (Lipinski definition) is 7. The topological polar surface area (TPSA) is 116 Å². The van der Waals surface area contributed by atoms with Crippen molar-refractivity contribution < 1.29 is 14.6 Å². The van der Waals surface area contributed by atoms with Crippen molar-refractivity contribution in [3.05, 3.63) is 42.7 Å². The summed E-state index contributed by atoms with van der Waals surface area (Å²) in [6, 6.07) is 8.57. The van der Waals surface area contributed by atoms with Gasteiger partial charge in [0.25, 0.3) is 0 Å². The predicted octanol–water partition coefficient (Wildman–Crippen LogP) is 2.64. The second-order valence-corrected chi connectivity index (χ2v) is 7.06. The molecule has 0 saturated heterocycles. The summed E-state index contributed by atoms with van der Waals surface area (Å²) in [6.07, 6.45) is 3.28. The van der Waals surface area contributed by atoms with E-state index in [9.17, 15) is 9.90 Å². The molecule has 140 valence electrons. The first-order valence-electron chi connectivity index (χ1n) is 8.39. The minimum absolute atomic E-state index is 0.0119. The highest BCUT2D eigenvalue weighted by Gasteiger charge is 2.18. The lowest BCUT2D eigenvalue weighted by Crippen LogP contribution is -2.26. The standard InChI is InChI=1S/C19H21N5O3/c1-19(2,3)27-17(26)11-24-10-12(9-21-24)14-8-15(22-23-18(14)20)13-6-4-5-7-16(13)25/h4-10,25H,11H2,1-3H3,(H2,20,23). The Morgan fingerprint density at radius 2 is 1.96 bits per heavy atom. The summed E-state index contributed by atoms with van der Waals surface area (Å²) in [5, 5.41) is 22.2. The molecule has 0 radical (unpaired) electrons. The van der Waals surface area contributed by atoms with Crippen LogP contribution in [0.1, 0.15) is 20.8 Å². The first-order valence-corrected chi connectivity index (χ1v) is 8.39. The molecule has 0 fully saturated rings. The number of aromatic hydroxyl groups is 1. The Morgan fingerprint density at radius 1 is 1.22 bits per heavy atom. The molecular formula is C19H21N5O3. The van der Waals surface area contributed by atoms with E-state index in [1.165, 1.54) is 4.68 Å². The van der Waals surface area contributed by atoms with Crippen LogP contribution < -0.4 is 5.73 Å². The number of nitrogen functional groups attached to an aromatic ring is 1. The summed E-state index contributed by atoms with van der Waals surface area (Å²) in [5.41, 5.74) is 7.74. The molecule has 3 aromatic rings. The molecule has 3 N–H and O–H groups in total. The lowest BCUT2D eigenvalue weighted by molar-refractivity contribution is -0.155. The van der Waals surface area contributed by atoms with Crippen LogP contribution in [0.2, 0.25) is 0 Å². The quantitative estimate of drug-likeness (QED) is 0.681. The Bertz CT molecular complexity index is 975. The number of phenols is 1. The smallest absolute Gasteiger partial charge is 0.328 e. The summed E-state index contributed by atoms with van der Waals surface area (Å²) in [6.45, 7) is 5.41. The monoisotopic (exact) mass is 367 g/mol. The molecule has 0 aliphatic carbocycles. The van der Waals surface area contributed by atoms with Crippen molar-refractivity contribution in [3.63, 3.8) is 0 Å². The van der Waals surface area contributed by atoms with Crippen molar-refractivity contribution in [2.24, 2.45) is 0 Å². The zero-order valence-electron chi connectivity index (χ0n) is 15.4. The number of carbonyl (C=O) groups is 1. The van der Waals surface area contributed by atoms with Gasteiger partial charge in [-0.2, -0.15) is 5.10 Å². The number of aromatic nitrogens is 4. The Hall–Kier alpha value is -3.42. The number of phenolic OH excluding ortho intramolecular Hbond substituents is 1. The van der Waals surface area contributed by atoms with Gasteiger partial charge in [-0.25, -0.2) is 0 Å². The van der Waals surface area contributed by atoms with Crippen LogP contribution in [0.25, 0.3) is 22.4 Å². The highest BCUT2D eigenvalue weighted by Crippen LogP contribution is 2.31. The fraction of sp³-hybridized carbons (Fsp3) is 0.263. The van der Waals surface area contributed by atoms with Crippen LogP contribution in [-0.2, 0) is 16.1 Å². The van der Waals surface area contributed by atoms with Gasteiger partial charge in [0.2, 0.25) is 0 Å². The minimum atomic E-state index is -0.556. The molecule has 0 spiro atoms. The molecule has 0 saturated carbocycles. The highest BCUT2D eigenvalue weighted by atomic mass is 16.6. The number of para-hydroxylation sites is 1. The van der Waals surface area contributed by atoms with E-state index in [2.05, 4.69) is 15.3 Å². The first kappa shape index (κ1) is 18.4. The van der Waals surface area contributed by atoms with Gasteiger partial charge in [-0.1, -0.05) is 12.1 Å². The lowest BCUT2D eigenvalue weighted by Gasteiger charge is -2.19. The van der Waals surface area contributed by atoms with E-state index >= 15 is 0 Å². The van der Waals surface area contributed by atoms with Crippen molar-refractivity contribution in [2.75, 3.05) is 5.73 Å². The zero-order chi connectivity index (χ0) is 19.6. The summed E-state index contributed by atoms with van der Waals surface area (Å²) < 4.78 is 6.77. The number of ether oxygens (including phenoxy) is 1. The van der Waals surface area contributed by atoms with E-state index in [4.69, 9.17) is 10.5 Å². The normalized spacial score (nSPS) is 11.4. The van der Waals surface area contributed by atoms with Crippen molar-refractivity contribution >= 4 is 11.8 Å². The second kappa shape index (κ2) is 7.06. The minimum Gasteiger partial charge on any atom is -0.507 e. The van der Waals surface area contributed by atoms with Gasteiger partial charge in [0.1, 0.15) is 17.9 Å². The Labute approximate surface area is 156 Å². The third-order valence-electron chi connectivity index (χ3n) is 3.66. The van der Waals surface area contributed by atoms with Crippen LogP contribution in [0.4, 0.5) is 5.82 Å². The van der Waals surface area contributed by atoms with Crippen LogP contribution in [0.15, 0.2) is 42.7 Å². The molecule has 8 heteroatoms. The summed E-state index contributed by atoms with van der Waals surface area (Å²) in [5.74, 6) is -0.0537. The van der Waals surface area contributed by atoms with E-state index in [1.54, 1.807) is 42.7 Å². The van der Waals surface area contributed by atoms with Crippen LogP contribution in [0.3, 0.4) is 0 Å². The molecule has 0 amide bonds. The fourth-order valence-electron chi connectivity index (χ4n) is 2.55. The molecule has 8 nitrogen and oxygen atoms in total. The van der Waals surface area contributed by atoms with Crippen LogP contribution in [0.5, 0.6) is 5.75 Å². The lowest BCUT2D eigenvalue weighted by atomic mass is 10.1. The van der Waals surface area contributed by atoms with Gasteiger partial charge >= 0.3 is 5.97 Å². The number of carbonyl (C=O) groups excluding carboxylic acids is 1. The molecule has 0 aliphatic heterocycles. The zero-order valence-corrected chi connectivity index (χ0v) is 15.4. The largest absolute Gasteiger partial charge is 0.507 e. The Balaban J connectivity index is 1.87. The predicted molar refractivity (Wildman–Crippen MR) is 101 cm³/mol. The molecule has 0 unspecified atom stereocenters. The van der Waals surface area contributed by atoms with Crippen LogP contribution >= 0.6 is 0 Å². The van der Waals surface area contributed by atoms with Gasteiger partial charge in [0, 0.05) is 22.9 Å². The molecule has 27 heavy (non-hydrogen) atoms. The molecule has 0 atom stereocenters.